The Morgan fingerprint density at radius 1 is 1.35 bits per heavy atom. The third-order valence-electron chi connectivity index (χ3n) is 3.51. The molecule has 104 valence electrons. The first-order valence-corrected chi connectivity index (χ1v) is 7.00. The molecular formula is C16H18N2O2. The first-order chi connectivity index (χ1) is 9.81. The molecule has 1 aliphatic heterocycles. The summed E-state index contributed by atoms with van der Waals surface area (Å²) in [5, 5.41) is 6.31. The van der Waals surface area contributed by atoms with Gasteiger partial charge in [-0.3, -0.25) is 4.79 Å². The number of carbonyl (C=O) groups excluding carboxylic acids is 1. The molecule has 2 heterocycles. The van der Waals surface area contributed by atoms with Crippen LogP contribution in [0.4, 0.5) is 11.4 Å². The van der Waals surface area contributed by atoms with Gasteiger partial charge in [0.1, 0.15) is 5.76 Å². The van der Waals surface area contributed by atoms with Gasteiger partial charge in [0, 0.05) is 30.8 Å². The first-order valence-electron chi connectivity index (χ1n) is 7.00. The maximum absolute atomic E-state index is 11.9. The predicted octanol–water partition coefficient (Wildman–Crippen LogP) is 3.21. The zero-order chi connectivity index (χ0) is 13.8. The molecule has 3 rings (SSSR count). The molecule has 4 heteroatoms. The van der Waals surface area contributed by atoms with Crippen molar-refractivity contribution in [3.63, 3.8) is 0 Å². The summed E-state index contributed by atoms with van der Waals surface area (Å²) < 4.78 is 5.22. The number of hydrogen-bond acceptors (Lipinski definition) is 3. The summed E-state index contributed by atoms with van der Waals surface area (Å²) in [6, 6.07) is 9.77. The van der Waals surface area contributed by atoms with Gasteiger partial charge in [-0.1, -0.05) is 0 Å². The SMILES string of the molecule is O=C(CCc1ccco1)Nc1ccc2c(c1)CCCN2. The Hall–Kier alpha value is -2.23. The summed E-state index contributed by atoms with van der Waals surface area (Å²) in [5.74, 6) is 0.861. The third-order valence-corrected chi connectivity index (χ3v) is 3.51. The van der Waals surface area contributed by atoms with Crippen LogP contribution in [-0.2, 0) is 17.6 Å². The minimum Gasteiger partial charge on any atom is -0.469 e. The summed E-state index contributed by atoms with van der Waals surface area (Å²) >= 11 is 0. The number of amides is 1. The van der Waals surface area contributed by atoms with Gasteiger partial charge in [0.25, 0.3) is 0 Å². The van der Waals surface area contributed by atoms with Crippen LogP contribution in [0.1, 0.15) is 24.2 Å². The molecule has 1 aliphatic rings. The minimum atomic E-state index is 0.0186. The highest BCUT2D eigenvalue weighted by atomic mass is 16.3. The third kappa shape index (κ3) is 3.02. The van der Waals surface area contributed by atoms with Crippen molar-refractivity contribution in [1.29, 1.82) is 0 Å². The van der Waals surface area contributed by atoms with Crippen molar-refractivity contribution in [2.24, 2.45) is 0 Å². The van der Waals surface area contributed by atoms with E-state index in [1.807, 2.05) is 24.3 Å². The number of hydrogen-bond donors (Lipinski definition) is 2. The Bertz CT molecular complexity index is 591. The van der Waals surface area contributed by atoms with Crippen LogP contribution in [0.25, 0.3) is 0 Å². The van der Waals surface area contributed by atoms with Crippen molar-refractivity contribution in [1.82, 2.24) is 0 Å². The quantitative estimate of drug-likeness (QED) is 0.897. The summed E-state index contributed by atoms with van der Waals surface area (Å²) in [4.78, 5) is 11.9. The van der Waals surface area contributed by atoms with Crippen molar-refractivity contribution < 1.29 is 9.21 Å². The van der Waals surface area contributed by atoms with Crippen molar-refractivity contribution in [3.05, 3.63) is 47.9 Å². The molecule has 0 unspecified atom stereocenters. The van der Waals surface area contributed by atoms with E-state index in [1.54, 1.807) is 6.26 Å². The maximum Gasteiger partial charge on any atom is 0.224 e. The van der Waals surface area contributed by atoms with E-state index < -0.39 is 0 Å². The molecule has 1 aromatic heterocycles. The minimum absolute atomic E-state index is 0.0186. The van der Waals surface area contributed by atoms with E-state index in [4.69, 9.17) is 4.42 Å². The number of anilines is 2. The first kappa shape index (κ1) is 12.8. The highest BCUT2D eigenvalue weighted by Gasteiger charge is 2.10. The second-order valence-electron chi connectivity index (χ2n) is 5.03. The lowest BCUT2D eigenvalue weighted by Gasteiger charge is -2.18. The van der Waals surface area contributed by atoms with E-state index in [0.29, 0.717) is 12.8 Å². The van der Waals surface area contributed by atoms with Gasteiger partial charge < -0.3 is 15.1 Å². The molecule has 0 spiro atoms. The highest BCUT2D eigenvalue weighted by Crippen LogP contribution is 2.25. The number of furan rings is 1. The van der Waals surface area contributed by atoms with Crippen LogP contribution in [-0.4, -0.2) is 12.5 Å². The molecule has 20 heavy (non-hydrogen) atoms. The molecule has 0 saturated carbocycles. The lowest BCUT2D eigenvalue weighted by atomic mass is 10.0. The Labute approximate surface area is 118 Å². The predicted molar refractivity (Wildman–Crippen MR) is 78.9 cm³/mol. The van der Waals surface area contributed by atoms with Crippen molar-refractivity contribution >= 4 is 17.3 Å². The molecule has 0 fully saturated rings. The molecule has 2 N–H and O–H groups in total. The number of fused-ring (bicyclic) bond motifs is 1. The average Bonchev–Trinajstić information content (AvgIpc) is 2.98. The molecule has 0 bridgehead atoms. The Kier molecular flexibility index (Phi) is 3.72. The number of aryl methyl sites for hydroxylation is 2. The fourth-order valence-corrected chi connectivity index (χ4v) is 2.47. The van der Waals surface area contributed by atoms with Gasteiger partial charge in [-0.2, -0.15) is 0 Å². The zero-order valence-corrected chi connectivity index (χ0v) is 11.3. The molecular weight excluding hydrogens is 252 g/mol. The van der Waals surface area contributed by atoms with Crippen molar-refractivity contribution in [3.8, 4) is 0 Å². The fourth-order valence-electron chi connectivity index (χ4n) is 2.47. The molecule has 2 aromatic rings. The fraction of sp³-hybridized carbons (Fsp3) is 0.312. The van der Waals surface area contributed by atoms with Gasteiger partial charge in [-0.05, 0) is 48.7 Å². The van der Waals surface area contributed by atoms with E-state index in [2.05, 4.69) is 16.7 Å². The van der Waals surface area contributed by atoms with Gasteiger partial charge in [0.2, 0.25) is 5.91 Å². The van der Waals surface area contributed by atoms with E-state index >= 15 is 0 Å². The van der Waals surface area contributed by atoms with Gasteiger partial charge in [0.05, 0.1) is 6.26 Å². The van der Waals surface area contributed by atoms with Crippen molar-refractivity contribution in [2.45, 2.75) is 25.7 Å². The van der Waals surface area contributed by atoms with Crippen LogP contribution in [0, 0.1) is 0 Å². The smallest absolute Gasteiger partial charge is 0.224 e. The van der Waals surface area contributed by atoms with E-state index in [1.165, 1.54) is 11.3 Å². The lowest BCUT2D eigenvalue weighted by Crippen LogP contribution is -2.14. The van der Waals surface area contributed by atoms with Crippen LogP contribution < -0.4 is 10.6 Å². The van der Waals surface area contributed by atoms with Crippen LogP contribution in [0.2, 0.25) is 0 Å². The van der Waals surface area contributed by atoms with E-state index in [9.17, 15) is 4.79 Å². The van der Waals surface area contributed by atoms with Crippen LogP contribution >= 0.6 is 0 Å². The number of carbonyl (C=O) groups is 1. The summed E-state index contributed by atoms with van der Waals surface area (Å²) in [6.07, 6.45) is 4.90. The van der Waals surface area contributed by atoms with Gasteiger partial charge in [-0.15, -0.1) is 0 Å². The Morgan fingerprint density at radius 2 is 2.30 bits per heavy atom. The standard InChI is InChI=1S/C16H18N2O2/c19-16(8-6-14-4-2-10-20-14)18-13-5-7-15-12(11-13)3-1-9-17-15/h2,4-5,7,10-11,17H,1,3,6,8-9H2,(H,18,19). The van der Waals surface area contributed by atoms with Crippen LogP contribution in [0.3, 0.4) is 0 Å². The number of rotatable bonds is 4. The summed E-state index contributed by atoms with van der Waals surface area (Å²) in [6.45, 7) is 1.03. The normalized spacial score (nSPS) is 13.4. The Morgan fingerprint density at radius 3 is 3.15 bits per heavy atom. The van der Waals surface area contributed by atoms with E-state index in [0.717, 1.165) is 30.8 Å². The molecule has 0 saturated heterocycles. The summed E-state index contributed by atoms with van der Waals surface area (Å²) in [7, 11) is 0. The zero-order valence-electron chi connectivity index (χ0n) is 11.3. The molecule has 0 radical (unpaired) electrons. The topological polar surface area (TPSA) is 54.3 Å². The second kappa shape index (κ2) is 5.82. The maximum atomic E-state index is 11.9. The van der Waals surface area contributed by atoms with Gasteiger partial charge >= 0.3 is 0 Å². The van der Waals surface area contributed by atoms with Crippen LogP contribution in [0.5, 0.6) is 0 Å². The number of benzene rings is 1. The number of nitrogens with one attached hydrogen (secondary N) is 2. The molecule has 0 atom stereocenters. The molecule has 1 amide bonds. The molecule has 4 nitrogen and oxygen atoms in total. The lowest BCUT2D eigenvalue weighted by molar-refractivity contribution is -0.116. The molecule has 0 aliphatic carbocycles. The summed E-state index contributed by atoms with van der Waals surface area (Å²) in [5.41, 5.74) is 3.34. The second-order valence-corrected chi connectivity index (χ2v) is 5.03. The highest BCUT2D eigenvalue weighted by molar-refractivity contribution is 5.91. The van der Waals surface area contributed by atoms with Gasteiger partial charge in [0.15, 0.2) is 0 Å². The Balaban J connectivity index is 1.58. The average molecular weight is 270 g/mol. The van der Waals surface area contributed by atoms with Crippen LogP contribution in [0.15, 0.2) is 41.0 Å². The largest absolute Gasteiger partial charge is 0.469 e. The molecule has 1 aromatic carbocycles. The van der Waals surface area contributed by atoms with Gasteiger partial charge in [-0.25, -0.2) is 0 Å². The van der Waals surface area contributed by atoms with Crippen molar-refractivity contribution in [2.75, 3.05) is 17.2 Å². The van der Waals surface area contributed by atoms with E-state index in [-0.39, 0.29) is 5.91 Å². The monoisotopic (exact) mass is 270 g/mol.